The molecule has 0 bridgehead atoms. The number of carbonyl (C=O) groups excluding carboxylic acids is 1. The van der Waals surface area contributed by atoms with Crippen molar-refractivity contribution in [3.63, 3.8) is 0 Å². The van der Waals surface area contributed by atoms with Gasteiger partial charge in [0.15, 0.2) is 5.65 Å². The van der Waals surface area contributed by atoms with E-state index < -0.39 is 10.0 Å². The molecule has 0 atom stereocenters. The normalized spacial score (nSPS) is 14.2. The van der Waals surface area contributed by atoms with Crippen LogP contribution in [0.1, 0.15) is 25.8 Å². The molecule has 1 aromatic carbocycles. The van der Waals surface area contributed by atoms with Crippen molar-refractivity contribution < 1.29 is 13.2 Å². The Morgan fingerprint density at radius 2 is 1.97 bits per heavy atom. The van der Waals surface area contributed by atoms with Gasteiger partial charge in [-0.15, -0.1) is 0 Å². The summed E-state index contributed by atoms with van der Waals surface area (Å²) in [5.74, 6) is -0.252. The number of nitrogens with zero attached hydrogens (tertiary/aromatic N) is 6. The second-order valence-electron chi connectivity index (χ2n) is 7.71. The molecule has 0 radical (unpaired) electrons. The van der Waals surface area contributed by atoms with Gasteiger partial charge in [0.05, 0.1) is 11.1 Å². The second kappa shape index (κ2) is 8.47. The Morgan fingerprint density at radius 3 is 2.69 bits per heavy atom. The van der Waals surface area contributed by atoms with Crippen molar-refractivity contribution in [3.8, 4) is 0 Å². The Morgan fingerprint density at radius 1 is 1.22 bits per heavy atom. The molecule has 0 aliphatic carbocycles. The highest BCUT2D eigenvalue weighted by molar-refractivity contribution is 7.89. The molecule has 3 aromatic rings. The van der Waals surface area contributed by atoms with Gasteiger partial charge in [0.2, 0.25) is 15.9 Å². The summed E-state index contributed by atoms with van der Waals surface area (Å²) in [7, 11) is -1.88. The van der Waals surface area contributed by atoms with Gasteiger partial charge < -0.3 is 4.90 Å². The molecule has 0 saturated carbocycles. The molecule has 1 amide bonds. The lowest BCUT2D eigenvalue weighted by atomic mass is 10.0. The van der Waals surface area contributed by atoms with Crippen molar-refractivity contribution in [1.82, 2.24) is 23.6 Å². The lowest BCUT2D eigenvalue weighted by molar-refractivity contribution is -0.119. The van der Waals surface area contributed by atoms with Crippen LogP contribution >= 0.6 is 0 Å². The van der Waals surface area contributed by atoms with Crippen LogP contribution in [0.3, 0.4) is 0 Å². The first kappa shape index (κ1) is 22.2. The Kier molecular flexibility index (Phi) is 5.87. The molecule has 11 heteroatoms. The number of sulfonamides is 1. The van der Waals surface area contributed by atoms with Gasteiger partial charge in [-0.2, -0.15) is 9.40 Å². The van der Waals surface area contributed by atoms with Crippen LogP contribution < -0.4 is 10.5 Å². The fourth-order valence-corrected chi connectivity index (χ4v) is 5.63. The standard InChI is InChI=1S/C21H26N6O4S/c1-4-26(5-2)32(30,31)16-8-9-18-15(11-16)7-6-10-27(18)19(28)13-25-14-22-20-17(21(25)29)12-23-24(20)3/h8-9,11-12,14H,4-7,10,13H2,1-3H3. The molecule has 10 nitrogen and oxygen atoms in total. The first-order chi connectivity index (χ1) is 15.3. The maximum atomic E-state index is 13.1. The lowest BCUT2D eigenvalue weighted by Crippen LogP contribution is -2.39. The molecule has 0 unspecified atom stereocenters. The third-order valence-electron chi connectivity index (χ3n) is 5.84. The summed E-state index contributed by atoms with van der Waals surface area (Å²) in [5, 5.41) is 4.40. The number of aryl methyl sites for hydroxylation is 2. The number of anilines is 1. The molecule has 2 aromatic heterocycles. The van der Waals surface area contributed by atoms with Crippen molar-refractivity contribution in [2.45, 2.75) is 38.1 Å². The van der Waals surface area contributed by atoms with Gasteiger partial charge in [0.25, 0.3) is 5.56 Å². The molecule has 0 spiro atoms. The monoisotopic (exact) mass is 458 g/mol. The molecule has 1 aliphatic heterocycles. The molecule has 0 N–H and O–H groups in total. The third kappa shape index (κ3) is 3.71. The van der Waals surface area contributed by atoms with Crippen LogP contribution in [0.15, 0.2) is 40.4 Å². The van der Waals surface area contributed by atoms with Crippen molar-refractivity contribution >= 4 is 32.7 Å². The zero-order chi connectivity index (χ0) is 23.0. The minimum Gasteiger partial charge on any atom is -0.311 e. The van der Waals surface area contributed by atoms with Crippen LogP contribution in [0, 0.1) is 0 Å². The van der Waals surface area contributed by atoms with Crippen LogP contribution in [0.5, 0.6) is 0 Å². The first-order valence-electron chi connectivity index (χ1n) is 10.6. The maximum absolute atomic E-state index is 13.1. The highest BCUT2D eigenvalue weighted by Crippen LogP contribution is 2.30. The molecular formula is C21H26N6O4S. The van der Waals surface area contributed by atoms with E-state index in [0.717, 1.165) is 5.56 Å². The number of benzene rings is 1. The minimum atomic E-state index is -3.58. The van der Waals surface area contributed by atoms with E-state index in [-0.39, 0.29) is 22.9 Å². The van der Waals surface area contributed by atoms with Crippen LogP contribution in [-0.4, -0.2) is 57.6 Å². The highest BCUT2D eigenvalue weighted by atomic mass is 32.2. The van der Waals surface area contributed by atoms with Gasteiger partial charge in [-0.1, -0.05) is 13.8 Å². The van der Waals surface area contributed by atoms with Crippen molar-refractivity contribution in [1.29, 1.82) is 0 Å². The largest absolute Gasteiger partial charge is 0.311 e. The Bertz CT molecular complexity index is 1340. The number of fused-ring (bicyclic) bond motifs is 2. The average Bonchev–Trinajstić information content (AvgIpc) is 3.16. The van der Waals surface area contributed by atoms with Crippen molar-refractivity contribution in [2.24, 2.45) is 7.05 Å². The number of amides is 1. The summed E-state index contributed by atoms with van der Waals surface area (Å²) < 4.78 is 29.9. The van der Waals surface area contributed by atoms with Gasteiger partial charge in [-0.05, 0) is 36.6 Å². The highest BCUT2D eigenvalue weighted by Gasteiger charge is 2.27. The van der Waals surface area contributed by atoms with Crippen LogP contribution in [0.25, 0.3) is 11.0 Å². The Balaban J connectivity index is 1.63. The van der Waals surface area contributed by atoms with E-state index in [1.54, 1.807) is 44.0 Å². The summed E-state index contributed by atoms with van der Waals surface area (Å²) in [4.78, 5) is 31.9. The van der Waals surface area contributed by atoms with Crippen LogP contribution in [0.2, 0.25) is 0 Å². The number of aromatic nitrogens is 4. The van der Waals surface area contributed by atoms with E-state index in [9.17, 15) is 18.0 Å². The molecule has 0 fully saturated rings. The van der Waals surface area contributed by atoms with Gasteiger partial charge in [0.1, 0.15) is 18.3 Å². The van der Waals surface area contributed by atoms with Gasteiger partial charge in [-0.25, -0.2) is 13.4 Å². The van der Waals surface area contributed by atoms with Gasteiger partial charge in [0, 0.05) is 32.4 Å². The molecule has 3 heterocycles. The number of carbonyl (C=O) groups is 1. The van der Waals surface area contributed by atoms with E-state index in [0.29, 0.717) is 49.2 Å². The minimum absolute atomic E-state index is 0.157. The van der Waals surface area contributed by atoms with E-state index in [1.165, 1.54) is 26.1 Å². The predicted octanol–water partition coefficient (Wildman–Crippen LogP) is 1.14. The third-order valence-corrected chi connectivity index (χ3v) is 7.88. The molecule has 0 saturated heterocycles. The van der Waals surface area contributed by atoms with E-state index >= 15 is 0 Å². The van der Waals surface area contributed by atoms with E-state index in [2.05, 4.69) is 10.1 Å². The topological polar surface area (TPSA) is 110 Å². The summed E-state index contributed by atoms with van der Waals surface area (Å²) in [6, 6.07) is 4.90. The first-order valence-corrected chi connectivity index (χ1v) is 12.0. The van der Waals surface area contributed by atoms with Crippen LogP contribution in [0.4, 0.5) is 5.69 Å². The number of hydrogen-bond donors (Lipinski definition) is 0. The molecule has 1 aliphatic rings. The zero-order valence-corrected chi connectivity index (χ0v) is 19.2. The Hall–Kier alpha value is -3.05. The Labute approximate surface area is 186 Å². The lowest BCUT2D eigenvalue weighted by Gasteiger charge is -2.30. The van der Waals surface area contributed by atoms with Gasteiger partial charge in [-0.3, -0.25) is 18.8 Å². The SMILES string of the molecule is CCN(CC)S(=O)(=O)c1ccc2c(c1)CCCN2C(=O)Cn1cnc2c(cnn2C)c1=O. The molecule has 170 valence electrons. The fourth-order valence-electron chi connectivity index (χ4n) is 4.12. The zero-order valence-electron chi connectivity index (χ0n) is 18.4. The maximum Gasteiger partial charge on any atom is 0.264 e. The number of hydrogen-bond acceptors (Lipinski definition) is 6. The van der Waals surface area contributed by atoms with E-state index in [4.69, 9.17) is 0 Å². The molecule has 32 heavy (non-hydrogen) atoms. The van der Waals surface area contributed by atoms with Gasteiger partial charge >= 0.3 is 0 Å². The summed E-state index contributed by atoms with van der Waals surface area (Å²) >= 11 is 0. The summed E-state index contributed by atoms with van der Waals surface area (Å²) in [5.41, 5.74) is 1.63. The summed E-state index contributed by atoms with van der Waals surface area (Å²) in [6.45, 7) is 4.75. The van der Waals surface area contributed by atoms with E-state index in [1.807, 2.05) is 0 Å². The van der Waals surface area contributed by atoms with Crippen molar-refractivity contribution in [3.05, 3.63) is 46.6 Å². The number of rotatable bonds is 6. The molecule has 4 rings (SSSR count). The average molecular weight is 459 g/mol. The van der Waals surface area contributed by atoms with Crippen LogP contribution in [-0.2, 0) is 34.8 Å². The molecular weight excluding hydrogens is 432 g/mol. The summed E-state index contributed by atoms with van der Waals surface area (Å²) in [6.07, 6.45) is 4.20. The quantitative estimate of drug-likeness (QED) is 0.548. The second-order valence-corrected chi connectivity index (χ2v) is 9.65. The van der Waals surface area contributed by atoms with Crippen molar-refractivity contribution in [2.75, 3.05) is 24.5 Å². The fraction of sp³-hybridized carbons (Fsp3) is 0.429. The smallest absolute Gasteiger partial charge is 0.264 e. The predicted molar refractivity (Wildman–Crippen MR) is 120 cm³/mol.